The first-order chi connectivity index (χ1) is 8.68. The molecule has 0 spiro atoms. The van der Waals surface area contributed by atoms with Crippen LogP contribution >= 0.6 is 46.4 Å². The zero-order valence-corrected chi connectivity index (χ0v) is 12.1. The van der Waals surface area contributed by atoms with E-state index in [1.807, 2.05) is 0 Å². The van der Waals surface area contributed by atoms with E-state index < -0.39 is 39.1 Å². The van der Waals surface area contributed by atoms with Gasteiger partial charge in [-0.15, -0.1) is 0 Å². The minimum Gasteiger partial charge on any atom is -0.478 e. The van der Waals surface area contributed by atoms with Crippen LogP contribution in [0.5, 0.6) is 0 Å². The Kier molecular flexibility index (Phi) is 5.04. The number of carboxylic acids is 1. The zero-order chi connectivity index (χ0) is 14.9. The molecule has 0 amide bonds. The van der Waals surface area contributed by atoms with E-state index in [0.717, 1.165) is 6.92 Å². The van der Waals surface area contributed by atoms with Gasteiger partial charge in [-0.1, -0.05) is 46.4 Å². The molecule has 5 nitrogen and oxygen atoms in total. The van der Waals surface area contributed by atoms with Crippen LogP contribution in [0.1, 0.15) is 27.6 Å². The maximum absolute atomic E-state index is 11.7. The molecule has 0 bridgehead atoms. The first-order valence-electron chi connectivity index (χ1n) is 4.50. The van der Waals surface area contributed by atoms with Gasteiger partial charge < -0.3 is 9.84 Å². The number of carbonyl (C=O) groups excluding carboxylic acids is 2. The number of rotatable bonds is 2. The summed E-state index contributed by atoms with van der Waals surface area (Å²) in [6.07, 6.45) is 0. The van der Waals surface area contributed by atoms with Crippen LogP contribution in [-0.2, 0) is 9.53 Å². The fourth-order valence-electron chi connectivity index (χ4n) is 1.21. The van der Waals surface area contributed by atoms with Gasteiger partial charge in [-0.2, -0.15) is 0 Å². The highest BCUT2D eigenvalue weighted by Gasteiger charge is 2.30. The standard InChI is InChI=1S/C10H4Cl4O5/c1-2(15)19-10(18)4-3(9(16)17)5(11)7(13)8(14)6(4)12/h1H3,(H,16,17). The molecule has 0 aliphatic heterocycles. The van der Waals surface area contributed by atoms with Crippen LogP contribution in [0.25, 0.3) is 0 Å². The quantitative estimate of drug-likeness (QED) is 0.382. The molecule has 0 aromatic heterocycles. The molecule has 0 fully saturated rings. The molecule has 19 heavy (non-hydrogen) atoms. The van der Waals surface area contributed by atoms with Crippen molar-refractivity contribution in [1.29, 1.82) is 0 Å². The van der Waals surface area contributed by atoms with Crippen molar-refractivity contribution in [1.82, 2.24) is 0 Å². The summed E-state index contributed by atoms with van der Waals surface area (Å²) in [6, 6.07) is 0. The summed E-state index contributed by atoms with van der Waals surface area (Å²) in [5, 5.41) is 7.47. The molecule has 0 heterocycles. The third kappa shape index (κ3) is 3.12. The van der Waals surface area contributed by atoms with Crippen LogP contribution in [-0.4, -0.2) is 23.0 Å². The molecule has 1 rings (SSSR count). The van der Waals surface area contributed by atoms with Gasteiger partial charge in [-0.05, 0) is 0 Å². The number of ether oxygens (including phenoxy) is 1. The summed E-state index contributed by atoms with van der Waals surface area (Å²) in [4.78, 5) is 33.5. The molecule has 102 valence electrons. The van der Waals surface area contributed by atoms with Crippen LogP contribution < -0.4 is 0 Å². The van der Waals surface area contributed by atoms with Crippen molar-refractivity contribution < 1.29 is 24.2 Å². The number of carbonyl (C=O) groups is 3. The van der Waals surface area contributed by atoms with E-state index in [4.69, 9.17) is 51.5 Å². The predicted octanol–water partition coefficient (Wildman–Crippen LogP) is 3.70. The average molecular weight is 346 g/mol. The number of benzene rings is 1. The summed E-state index contributed by atoms with van der Waals surface area (Å²) in [7, 11) is 0. The molecule has 1 aromatic rings. The highest BCUT2D eigenvalue weighted by Crippen LogP contribution is 2.41. The second kappa shape index (κ2) is 5.96. The van der Waals surface area contributed by atoms with Gasteiger partial charge in [0.05, 0.1) is 31.2 Å². The maximum Gasteiger partial charge on any atom is 0.348 e. The third-order valence-corrected chi connectivity index (χ3v) is 3.72. The molecular weight excluding hydrogens is 342 g/mol. The van der Waals surface area contributed by atoms with Crippen molar-refractivity contribution in [2.45, 2.75) is 6.92 Å². The Bertz CT molecular complexity index is 596. The van der Waals surface area contributed by atoms with Gasteiger partial charge in [0.1, 0.15) is 0 Å². The minimum absolute atomic E-state index is 0.311. The largest absolute Gasteiger partial charge is 0.478 e. The van der Waals surface area contributed by atoms with Gasteiger partial charge in [0.25, 0.3) is 0 Å². The van der Waals surface area contributed by atoms with Crippen molar-refractivity contribution in [3.8, 4) is 0 Å². The van der Waals surface area contributed by atoms with Crippen molar-refractivity contribution in [2.75, 3.05) is 0 Å². The van der Waals surface area contributed by atoms with Gasteiger partial charge in [0, 0.05) is 6.92 Å². The van der Waals surface area contributed by atoms with E-state index in [1.54, 1.807) is 0 Å². The van der Waals surface area contributed by atoms with Crippen LogP contribution in [0.15, 0.2) is 0 Å². The highest BCUT2D eigenvalue weighted by molar-refractivity contribution is 6.54. The van der Waals surface area contributed by atoms with Crippen molar-refractivity contribution in [2.24, 2.45) is 0 Å². The monoisotopic (exact) mass is 344 g/mol. The molecule has 0 saturated heterocycles. The van der Waals surface area contributed by atoms with E-state index in [-0.39, 0.29) is 10.0 Å². The summed E-state index contributed by atoms with van der Waals surface area (Å²) in [5.41, 5.74) is -1.32. The Labute approximate surface area is 126 Å². The van der Waals surface area contributed by atoms with Gasteiger partial charge >= 0.3 is 17.9 Å². The summed E-state index contributed by atoms with van der Waals surface area (Å²) in [6.45, 7) is 0.964. The highest BCUT2D eigenvalue weighted by atomic mass is 35.5. The van der Waals surface area contributed by atoms with Gasteiger partial charge in [-0.3, -0.25) is 4.79 Å². The Hall–Kier alpha value is -1.01. The lowest BCUT2D eigenvalue weighted by Gasteiger charge is -2.12. The van der Waals surface area contributed by atoms with Gasteiger partial charge in [0.2, 0.25) is 0 Å². The Morgan fingerprint density at radius 2 is 1.32 bits per heavy atom. The van der Waals surface area contributed by atoms with E-state index >= 15 is 0 Å². The summed E-state index contributed by atoms with van der Waals surface area (Å²) >= 11 is 22.8. The predicted molar refractivity (Wildman–Crippen MR) is 69.5 cm³/mol. The lowest BCUT2D eigenvalue weighted by Crippen LogP contribution is -2.16. The van der Waals surface area contributed by atoms with E-state index in [0.29, 0.717) is 0 Å². The Balaban J connectivity index is 3.66. The van der Waals surface area contributed by atoms with E-state index in [1.165, 1.54) is 0 Å². The lowest BCUT2D eigenvalue weighted by atomic mass is 10.1. The molecule has 9 heteroatoms. The molecule has 0 saturated carbocycles. The SMILES string of the molecule is CC(=O)OC(=O)c1c(Cl)c(Cl)c(Cl)c(Cl)c1C(=O)O. The number of carboxylic acid groups (broad SMARTS) is 1. The number of aromatic carboxylic acids is 1. The number of hydrogen-bond acceptors (Lipinski definition) is 4. The number of hydrogen-bond donors (Lipinski definition) is 1. The molecule has 0 radical (unpaired) electrons. The topological polar surface area (TPSA) is 80.7 Å². The molecule has 0 unspecified atom stereocenters. The van der Waals surface area contributed by atoms with Crippen molar-refractivity contribution >= 4 is 64.3 Å². The zero-order valence-electron chi connectivity index (χ0n) is 9.09. The third-order valence-electron chi connectivity index (χ3n) is 1.92. The van der Waals surface area contributed by atoms with E-state index in [9.17, 15) is 14.4 Å². The summed E-state index contributed by atoms with van der Waals surface area (Å²) in [5.74, 6) is -3.80. The molecule has 0 atom stereocenters. The van der Waals surface area contributed by atoms with Crippen LogP contribution in [0.4, 0.5) is 0 Å². The maximum atomic E-state index is 11.7. The normalized spacial score (nSPS) is 10.2. The van der Waals surface area contributed by atoms with Crippen LogP contribution in [0.3, 0.4) is 0 Å². The minimum atomic E-state index is -1.57. The first kappa shape index (κ1) is 16.0. The molecule has 0 aliphatic carbocycles. The van der Waals surface area contributed by atoms with Crippen LogP contribution in [0.2, 0.25) is 20.1 Å². The fraction of sp³-hybridized carbons (Fsp3) is 0.100. The Morgan fingerprint density at radius 3 is 1.68 bits per heavy atom. The van der Waals surface area contributed by atoms with Gasteiger partial charge in [-0.25, -0.2) is 9.59 Å². The smallest absolute Gasteiger partial charge is 0.348 e. The summed E-state index contributed by atoms with van der Waals surface area (Å²) < 4.78 is 4.27. The second-order valence-corrected chi connectivity index (χ2v) is 4.70. The average Bonchev–Trinajstić information content (AvgIpc) is 2.29. The number of esters is 2. The van der Waals surface area contributed by atoms with Crippen molar-refractivity contribution in [3.05, 3.63) is 31.2 Å². The molecular formula is C10H4Cl4O5. The van der Waals surface area contributed by atoms with Crippen LogP contribution in [0, 0.1) is 0 Å². The number of halogens is 4. The molecule has 0 aliphatic rings. The fourth-order valence-corrected chi connectivity index (χ4v) is 2.22. The molecule has 1 aromatic carbocycles. The Morgan fingerprint density at radius 1 is 0.895 bits per heavy atom. The molecule has 1 N–H and O–H groups in total. The van der Waals surface area contributed by atoms with E-state index in [2.05, 4.69) is 4.74 Å². The first-order valence-corrected chi connectivity index (χ1v) is 6.01. The van der Waals surface area contributed by atoms with Gasteiger partial charge in [0.15, 0.2) is 0 Å². The lowest BCUT2D eigenvalue weighted by molar-refractivity contribution is -0.135. The second-order valence-electron chi connectivity index (χ2n) is 3.19. The van der Waals surface area contributed by atoms with Crippen molar-refractivity contribution in [3.63, 3.8) is 0 Å².